The zero-order chi connectivity index (χ0) is 5.54. The molecule has 0 unspecified atom stereocenters. The zero-order valence-electron chi connectivity index (χ0n) is 4.83. The molecule has 2 N–H and O–H groups in total. The predicted octanol–water partition coefficient (Wildman–Crippen LogP) is 0.616. The minimum absolute atomic E-state index is 0.361. The second-order valence-electron chi connectivity index (χ2n) is 1.53. The first-order valence-corrected chi connectivity index (χ1v) is 2.77. The first kappa shape index (κ1) is 6.92. The van der Waals surface area contributed by atoms with Crippen molar-refractivity contribution in [1.82, 2.24) is 11.1 Å². The quantitative estimate of drug-likeness (QED) is 0.517. The third-order valence-electron chi connectivity index (χ3n) is 0.832. The molecule has 0 aliphatic carbocycles. The van der Waals surface area contributed by atoms with Gasteiger partial charge in [-0.15, -0.1) is 0 Å². The molecule has 0 bridgehead atoms. The molecule has 0 aromatic carbocycles. The van der Waals surface area contributed by atoms with Crippen LogP contribution in [0.25, 0.3) is 0 Å². The van der Waals surface area contributed by atoms with Crippen LogP contribution in [0.2, 0.25) is 0 Å². The van der Waals surface area contributed by atoms with E-state index in [9.17, 15) is 0 Å². The Hall–Kier alpha value is -0.0800. The van der Waals surface area contributed by atoms with Gasteiger partial charge < -0.3 is 5.32 Å². The monoisotopic (exact) mass is 101 g/mol. The Morgan fingerprint density at radius 1 is 1.57 bits per heavy atom. The summed E-state index contributed by atoms with van der Waals surface area (Å²) in [7, 11) is 0. The van der Waals surface area contributed by atoms with E-state index < -0.39 is 0 Å². The van der Waals surface area contributed by atoms with Crippen molar-refractivity contribution in [2.24, 2.45) is 0 Å². The van der Waals surface area contributed by atoms with Gasteiger partial charge in [0.25, 0.3) is 0 Å². The molecule has 2 heteroatoms. The van der Waals surface area contributed by atoms with Crippen LogP contribution in [0.15, 0.2) is 0 Å². The van der Waals surface area contributed by atoms with Gasteiger partial charge in [0, 0.05) is 0 Å². The normalized spacial score (nSPS) is 9.43. The highest BCUT2D eigenvalue weighted by Crippen LogP contribution is 1.79. The van der Waals surface area contributed by atoms with E-state index in [-0.39, 0.29) is 0 Å². The topological polar surface area (TPSA) is 35.8 Å². The largest absolute Gasteiger partial charge is 0.303 e. The molecule has 0 fully saturated rings. The lowest BCUT2D eigenvalue weighted by atomic mass is 10.3. The van der Waals surface area contributed by atoms with Crippen molar-refractivity contribution in [3.05, 3.63) is 0 Å². The van der Waals surface area contributed by atoms with Crippen LogP contribution in [0.1, 0.15) is 19.8 Å². The Kier molecular flexibility index (Phi) is 5.85. The summed E-state index contributed by atoms with van der Waals surface area (Å²) in [5, 5.41) is 2.92. The van der Waals surface area contributed by atoms with E-state index in [0.717, 1.165) is 6.54 Å². The predicted molar refractivity (Wildman–Crippen MR) is 30.9 cm³/mol. The van der Waals surface area contributed by atoms with Crippen LogP contribution in [0, 0.1) is 0 Å². The van der Waals surface area contributed by atoms with Crippen LogP contribution in [-0.2, 0) is 0 Å². The first-order valence-electron chi connectivity index (χ1n) is 2.77. The van der Waals surface area contributed by atoms with E-state index in [0.29, 0.717) is 6.67 Å². The summed E-state index contributed by atoms with van der Waals surface area (Å²) in [6.07, 6.45) is 2.41. The van der Waals surface area contributed by atoms with Crippen LogP contribution in [0.3, 0.4) is 0 Å². The van der Waals surface area contributed by atoms with Gasteiger partial charge in [0.1, 0.15) is 0 Å². The van der Waals surface area contributed by atoms with Gasteiger partial charge in [-0.3, -0.25) is 0 Å². The SMILES string of the molecule is CCCCNC[NH]. The second-order valence-corrected chi connectivity index (χ2v) is 1.53. The second kappa shape index (κ2) is 5.92. The van der Waals surface area contributed by atoms with Crippen molar-refractivity contribution >= 4 is 0 Å². The summed E-state index contributed by atoms with van der Waals surface area (Å²) in [6.45, 7) is 3.51. The molecule has 0 aliphatic heterocycles. The standard InChI is InChI=1S/C5H13N2/c1-2-3-4-7-5-6/h6-7H,2-5H2,1H3. The number of hydrogen-bond donors (Lipinski definition) is 1. The Morgan fingerprint density at radius 2 is 2.29 bits per heavy atom. The highest BCUT2D eigenvalue weighted by molar-refractivity contribution is 4.38. The fraction of sp³-hybridized carbons (Fsp3) is 1.00. The van der Waals surface area contributed by atoms with E-state index in [1.807, 2.05) is 0 Å². The summed E-state index contributed by atoms with van der Waals surface area (Å²) >= 11 is 0. The van der Waals surface area contributed by atoms with Crippen LogP contribution in [-0.4, -0.2) is 13.2 Å². The molecule has 0 saturated heterocycles. The summed E-state index contributed by atoms with van der Waals surface area (Å²) < 4.78 is 0. The molecule has 0 aromatic heterocycles. The van der Waals surface area contributed by atoms with Gasteiger partial charge >= 0.3 is 0 Å². The average molecular weight is 101 g/mol. The van der Waals surface area contributed by atoms with Crippen molar-refractivity contribution in [2.45, 2.75) is 19.8 Å². The molecular formula is C5H13N2. The lowest BCUT2D eigenvalue weighted by molar-refractivity contribution is 0.645. The Balaban J connectivity index is 2.45. The van der Waals surface area contributed by atoms with Crippen molar-refractivity contribution < 1.29 is 0 Å². The average Bonchev–Trinajstić information content (AvgIpc) is 1.69. The summed E-state index contributed by atoms with van der Waals surface area (Å²) in [4.78, 5) is 0. The maximum absolute atomic E-state index is 6.67. The molecule has 0 rings (SSSR count). The molecule has 0 spiro atoms. The number of nitrogens with one attached hydrogen (secondary N) is 2. The Labute approximate surface area is 45.1 Å². The van der Waals surface area contributed by atoms with Crippen LogP contribution in [0.4, 0.5) is 0 Å². The molecule has 0 amide bonds. The van der Waals surface area contributed by atoms with Crippen molar-refractivity contribution in [1.29, 1.82) is 0 Å². The van der Waals surface area contributed by atoms with E-state index in [1.165, 1.54) is 12.8 Å². The third-order valence-corrected chi connectivity index (χ3v) is 0.832. The molecule has 0 atom stereocenters. The van der Waals surface area contributed by atoms with Gasteiger partial charge in [-0.2, -0.15) is 0 Å². The third kappa shape index (κ3) is 5.92. The lowest BCUT2D eigenvalue weighted by Gasteiger charge is -1.94. The van der Waals surface area contributed by atoms with Crippen LogP contribution in [0.5, 0.6) is 0 Å². The molecule has 0 aliphatic rings. The van der Waals surface area contributed by atoms with Crippen LogP contribution >= 0.6 is 0 Å². The van der Waals surface area contributed by atoms with Gasteiger partial charge in [0.2, 0.25) is 0 Å². The number of unbranched alkanes of at least 4 members (excludes halogenated alkanes) is 1. The summed E-state index contributed by atoms with van der Waals surface area (Å²) in [5.41, 5.74) is 6.67. The highest BCUT2D eigenvalue weighted by atomic mass is 14.9. The molecule has 2 nitrogen and oxygen atoms in total. The van der Waals surface area contributed by atoms with Crippen molar-refractivity contribution in [3.8, 4) is 0 Å². The Bertz CT molecular complexity index is 25.3. The molecule has 7 heavy (non-hydrogen) atoms. The number of rotatable bonds is 4. The van der Waals surface area contributed by atoms with Gasteiger partial charge in [0.15, 0.2) is 0 Å². The smallest absolute Gasteiger partial charge is 0.0590 e. The highest BCUT2D eigenvalue weighted by Gasteiger charge is 1.77. The molecule has 1 radical (unpaired) electrons. The Morgan fingerprint density at radius 3 is 2.71 bits per heavy atom. The van der Waals surface area contributed by atoms with Gasteiger partial charge in [-0.1, -0.05) is 13.3 Å². The minimum atomic E-state index is 0.361. The van der Waals surface area contributed by atoms with E-state index >= 15 is 0 Å². The molecule has 0 aromatic rings. The van der Waals surface area contributed by atoms with Gasteiger partial charge in [-0.25, -0.2) is 5.73 Å². The molecule has 43 valence electrons. The van der Waals surface area contributed by atoms with E-state index in [2.05, 4.69) is 12.2 Å². The number of hydrogen-bond acceptors (Lipinski definition) is 1. The van der Waals surface area contributed by atoms with Crippen LogP contribution < -0.4 is 11.1 Å². The fourth-order valence-corrected chi connectivity index (χ4v) is 0.390. The maximum Gasteiger partial charge on any atom is 0.0590 e. The van der Waals surface area contributed by atoms with Gasteiger partial charge in [-0.05, 0) is 13.0 Å². The molecule has 0 saturated carbocycles. The van der Waals surface area contributed by atoms with E-state index in [4.69, 9.17) is 5.73 Å². The lowest BCUT2D eigenvalue weighted by Crippen LogP contribution is -2.16. The van der Waals surface area contributed by atoms with Gasteiger partial charge in [0.05, 0.1) is 6.67 Å². The summed E-state index contributed by atoms with van der Waals surface area (Å²) in [5.74, 6) is 0. The van der Waals surface area contributed by atoms with Crippen molar-refractivity contribution in [2.75, 3.05) is 13.2 Å². The first-order chi connectivity index (χ1) is 3.41. The summed E-state index contributed by atoms with van der Waals surface area (Å²) in [6, 6.07) is 0. The van der Waals surface area contributed by atoms with Crippen molar-refractivity contribution in [3.63, 3.8) is 0 Å². The maximum atomic E-state index is 6.67. The minimum Gasteiger partial charge on any atom is -0.303 e. The fourth-order valence-electron chi connectivity index (χ4n) is 0.390. The molecule has 0 heterocycles. The van der Waals surface area contributed by atoms with E-state index in [1.54, 1.807) is 0 Å². The molecular weight excluding hydrogens is 88.1 g/mol. The zero-order valence-corrected chi connectivity index (χ0v) is 4.83.